The molecule has 7 heteroatoms. The topological polar surface area (TPSA) is 81.0 Å². The Morgan fingerprint density at radius 1 is 1.27 bits per heavy atom. The van der Waals surface area contributed by atoms with Crippen molar-refractivity contribution in [2.75, 3.05) is 7.11 Å². The Morgan fingerprint density at radius 2 is 2.07 bits per heavy atom. The van der Waals surface area contributed by atoms with Crippen LogP contribution >= 0.6 is 0 Å². The number of methoxy groups -OCH3 is 1. The van der Waals surface area contributed by atoms with Gasteiger partial charge in [-0.2, -0.15) is 5.26 Å². The number of pyridine rings is 1. The van der Waals surface area contributed by atoms with Crippen LogP contribution in [0.3, 0.4) is 0 Å². The molecule has 154 valence electrons. The van der Waals surface area contributed by atoms with Crippen LogP contribution in [0.2, 0.25) is 0 Å². The molecule has 30 heavy (non-hydrogen) atoms. The first kappa shape index (κ1) is 19.9. The van der Waals surface area contributed by atoms with Gasteiger partial charge in [-0.25, -0.2) is 4.39 Å². The van der Waals surface area contributed by atoms with E-state index in [0.29, 0.717) is 17.0 Å². The molecular weight excluding hydrogens is 385 g/mol. The molecule has 4 rings (SSSR count). The molecule has 2 aromatic heterocycles. The van der Waals surface area contributed by atoms with Gasteiger partial charge in [-0.05, 0) is 55.9 Å². The van der Waals surface area contributed by atoms with Crippen LogP contribution in [0.15, 0.2) is 33.6 Å². The van der Waals surface area contributed by atoms with E-state index in [1.807, 2.05) is 13.0 Å². The Hall–Kier alpha value is -3.40. The largest absolute Gasteiger partial charge is 0.494 e. The zero-order valence-corrected chi connectivity index (χ0v) is 17.0. The van der Waals surface area contributed by atoms with E-state index in [9.17, 15) is 14.4 Å². The molecule has 0 atom stereocenters. The number of nitriles is 1. The first-order chi connectivity index (χ1) is 14.5. The number of hydrogen-bond donors (Lipinski definition) is 0. The molecule has 0 aliphatic heterocycles. The van der Waals surface area contributed by atoms with E-state index in [-0.39, 0.29) is 23.4 Å². The lowest BCUT2D eigenvalue weighted by atomic mass is 9.92. The van der Waals surface area contributed by atoms with E-state index in [1.165, 1.54) is 13.2 Å². The number of nitrogens with zero attached hydrogens (tertiary/aromatic N) is 3. The third-order valence-electron chi connectivity index (χ3n) is 5.62. The molecule has 6 nitrogen and oxygen atoms in total. The third kappa shape index (κ3) is 3.50. The van der Waals surface area contributed by atoms with Crippen LogP contribution in [0, 0.1) is 17.1 Å². The van der Waals surface area contributed by atoms with Gasteiger partial charge in [0.2, 0.25) is 0 Å². The lowest BCUT2D eigenvalue weighted by Gasteiger charge is -2.19. The zero-order chi connectivity index (χ0) is 21.3. The maximum atomic E-state index is 13.9. The molecule has 1 aliphatic carbocycles. The highest BCUT2D eigenvalue weighted by Crippen LogP contribution is 2.31. The fourth-order valence-electron chi connectivity index (χ4n) is 4.05. The van der Waals surface area contributed by atoms with Crippen LogP contribution in [0.4, 0.5) is 4.39 Å². The molecule has 0 unspecified atom stereocenters. The lowest BCUT2D eigenvalue weighted by Crippen LogP contribution is -2.30. The Morgan fingerprint density at radius 3 is 2.80 bits per heavy atom. The van der Waals surface area contributed by atoms with Gasteiger partial charge in [0.25, 0.3) is 5.56 Å². The standard InChI is InChI=1S/C23H22FN3O3/c1-3-17-8-14-6-4-5-7-18(14)23(28)27(17)13-16-10-21(30-26-16)19-11-22(29-2)20(24)9-15(19)12-25/h8-11H,3-7,13H2,1-2H3. The van der Waals surface area contributed by atoms with Gasteiger partial charge in [-0.1, -0.05) is 12.1 Å². The monoisotopic (exact) mass is 407 g/mol. The van der Waals surface area contributed by atoms with E-state index in [2.05, 4.69) is 11.2 Å². The minimum absolute atomic E-state index is 0.0149. The summed E-state index contributed by atoms with van der Waals surface area (Å²) in [4.78, 5) is 13.1. The number of benzene rings is 1. The summed E-state index contributed by atoms with van der Waals surface area (Å²) in [7, 11) is 1.36. The molecule has 1 aromatic carbocycles. The summed E-state index contributed by atoms with van der Waals surface area (Å²) in [5, 5.41) is 13.5. The van der Waals surface area contributed by atoms with E-state index in [4.69, 9.17) is 9.26 Å². The van der Waals surface area contributed by atoms with Crippen LogP contribution in [0.25, 0.3) is 11.3 Å². The van der Waals surface area contributed by atoms with Gasteiger partial charge >= 0.3 is 0 Å². The summed E-state index contributed by atoms with van der Waals surface area (Å²) in [6, 6.07) is 8.31. The van der Waals surface area contributed by atoms with E-state index < -0.39 is 5.82 Å². The van der Waals surface area contributed by atoms with Gasteiger partial charge in [0.1, 0.15) is 11.8 Å². The van der Waals surface area contributed by atoms with Crippen molar-refractivity contribution in [2.45, 2.75) is 45.6 Å². The molecule has 0 saturated carbocycles. The molecule has 0 saturated heterocycles. The zero-order valence-electron chi connectivity index (χ0n) is 17.0. The van der Waals surface area contributed by atoms with E-state index in [1.54, 1.807) is 10.6 Å². The summed E-state index contributed by atoms with van der Waals surface area (Å²) >= 11 is 0. The summed E-state index contributed by atoms with van der Waals surface area (Å²) < 4.78 is 26.1. The summed E-state index contributed by atoms with van der Waals surface area (Å²) in [5.41, 5.74) is 4.14. The van der Waals surface area contributed by atoms with Gasteiger partial charge in [-0.3, -0.25) is 4.79 Å². The van der Waals surface area contributed by atoms with Crippen molar-refractivity contribution >= 4 is 0 Å². The Balaban J connectivity index is 1.72. The average Bonchev–Trinajstić information content (AvgIpc) is 3.23. The van der Waals surface area contributed by atoms with Crippen molar-refractivity contribution in [2.24, 2.45) is 0 Å². The Labute approximate surface area is 173 Å². The first-order valence-corrected chi connectivity index (χ1v) is 10.0. The maximum absolute atomic E-state index is 13.9. The predicted molar refractivity (Wildman–Crippen MR) is 109 cm³/mol. The molecule has 0 N–H and O–H groups in total. The fourth-order valence-corrected chi connectivity index (χ4v) is 4.05. The van der Waals surface area contributed by atoms with Crippen LogP contribution in [0.5, 0.6) is 5.75 Å². The minimum atomic E-state index is -0.620. The van der Waals surface area contributed by atoms with Crippen molar-refractivity contribution < 1.29 is 13.7 Å². The van der Waals surface area contributed by atoms with Crippen LogP contribution in [-0.2, 0) is 25.8 Å². The Kier molecular flexibility index (Phi) is 5.40. The maximum Gasteiger partial charge on any atom is 0.254 e. The van der Waals surface area contributed by atoms with E-state index in [0.717, 1.165) is 55.0 Å². The first-order valence-electron chi connectivity index (χ1n) is 10.0. The predicted octanol–water partition coefficient (Wildman–Crippen LogP) is 4.01. The molecule has 0 amide bonds. The molecule has 0 radical (unpaired) electrons. The number of fused-ring (bicyclic) bond motifs is 1. The van der Waals surface area contributed by atoms with Crippen LogP contribution in [-0.4, -0.2) is 16.8 Å². The van der Waals surface area contributed by atoms with Crippen LogP contribution < -0.4 is 10.3 Å². The third-order valence-corrected chi connectivity index (χ3v) is 5.62. The number of rotatable bonds is 5. The number of hydrogen-bond acceptors (Lipinski definition) is 5. The molecule has 0 spiro atoms. The summed E-state index contributed by atoms with van der Waals surface area (Å²) in [6.07, 6.45) is 4.65. The average molecular weight is 407 g/mol. The van der Waals surface area contributed by atoms with E-state index >= 15 is 0 Å². The summed E-state index contributed by atoms with van der Waals surface area (Å²) in [6.45, 7) is 2.30. The minimum Gasteiger partial charge on any atom is -0.494 e. The smallest absolute Gasteiger partial charge is 0.254 e. The normalized spacial score (nSPS) is 13.0. The molecule has 1 aliphatic rings. The van der Waals surface area contributed by atoms with Gasteiger partial charge in [0.05, 0.1) is 19.2 Å². The van der Waals surface area contributed by atoms with Gasteiger partial charge in [0, 0.05) is 22.9 Å². The number of aromatic nitrogens is 2. The molecule has 3 aromatic rings. The SMILES string of the molecule is CCc1cc2c(c(=O)n1Cc1cc(-c3cc(OC)c(F)cc3C#N)on1)CCCC2. The van der Waals surface area contributed by atoms with Crippen molar-refractivity contribution in [1.29, 1.82) is 5.26 Å². The van der Waals surface area contributed by atoms with Crippen LogP contribution in [0.1, 0.15) is 47.8 Å². The van der Waals surface area contributed by atoms with Crippen molar-refractivity contribution in [3.05, 3.63) is 68.5 Å². The highest BCUT2D eigenvalue weighted by atomic mass is 19.1. The number of ether oxygens (including phenoxy) is 1. The van der Waals surface area contributed by atoms with Gasteiger partial charge in [-0.15, -0.1) is 0 Å². The highest BCUT2D eigenvalue weighted by Gasteiger charge is 2.20. The highest BCUT2D eigenvalue weighted by molar-refractivity contribution is 5.68. The number of aryl methyl sites for hydroxylation is 2. The van der Waals surface area contributed by atoms with Gasteiger partial charge in [0.15, 0.2) is 17.3 Å². The Bertz CT molecular complexity index is 1200. The summed E-state index contributed by atoms with van der Waals surface area (Å²) in [5.74, 6) is -0.282. The van der Waals surface area contributed by atoms with Gasteiger partial charge < -0.3 is 13.8 Å². The molecule has 2 heterocycles. The van der Waals surface area contributed by atoms with Crippen molar-refractivity contribution in [3.63, 3.8) is 0 Å². The quantitative estimate of drug-likeness (QED) is 0.638. The molecular formula is C23H22FN3O3. The molecule has 0 bridgehead atoms. The second kappa shape index (κ2) is 8.15. The molecule has 0 fully saturated rings. The lowest BCUT2D eigenvalue weighted by molar-refractivity contribution is 0.385. The second-order valence-corrected chi connectivity index (χ2v) is 7.42. The van der Waals surface area contributed by atoms with Crippen molar-refractivity contribution in [1.82, 2.24) is 9.72 Å². The number of halogens is 1. The fraction of sp³-hybridized carbons (Fsp3) is 0.348. The second-order valence-electron chi connectivity index (χ2n) is 7.42. The van der Waals surface area contributed by atoms with Crippen molar-refractivity contribution in [3.8, 4) is 23.1 Å².